The summed E-state index contributed by atoms with van der Waals surface area (Å²) in [4.78, 5) is 4.48. The molecule has 0 saturated carbocycles. The van der Waals surface area contributed by atoms with E-state index in [4.69, 9.17) is 9.26 Å². The molecule has 0 spiro atoms. The summed E-state index contributed by atoms with van der Waals surface area (Å²) in [5.74, 6) is 0.147. The minimum atomic E-state index is -3.68. The third-order valence-electron chi connectivity index (χ3n) is 5.07. The van der Waals surface area contributed by atoms with Crippen LogP contribution in [0.5, 0.6) is 0 Å². The lowest BCUT2D eigenvalue weighted by Gasteiger charge is -2.26. The maximum absolute atomic E-state index is 13.8. The van der Waals surface area contributed by atoms with E-state index in [9.17, 15) is 12.8 Å². The summed E-state index contributed by atoms with van der Waals surface area (Å²) in [5.41, 5.74) is 1.91. The highest BCUT2D eigenvalue weighted by Crippen LogP contribution is 2.25. The molecule has 30 heavy (non-hydrogen) atoms. The van der Waals surface area contributed by atoms with E-state index in [1.54, 1.807) is 32.9 Å². The number of morpholine rings is 1. The van der Waals surface area contributed by atoms with E-state index >= 15 is 0 Å². The standard InChI is InChI=1S/C19H22FN5O4S/c1-12-4-5-15(10-16(12)20)19-21-17(29-23-19)11-25-14(3)18(13(2)22-25)30(26,27)24-6-8-28-9-7-24/h4-5,10H,6-9,11H2,1-3H3. The molecule has 1 saturated heterocycles. The van der Waals surface area contributed by atoms with Crippen molar-refractivity contribution in [2.45, 2.75) is 32.2 Å². The van der Waals surface area contributed by atoms with Crippen LogP contribution >= 0.6 is 0 Å². The Kier molecular flexibility index (Phi) is 5.43. The van der Waals surface area contributed by atoms with Crippen molar-refractivity contribution in [3.63, 3.8) is 0 Å². The summed E-state index contributed by atoms with van der Waals surface area (Å²) in [6.07, 6.45) is 0. The van der Waals surface area contributed by atoms with Crippen LogP contribution < -0.4 is 0 Å². The number of nitrogens with zero attached hydrogens (tertiary/aromatic N) is 5. The smallest absolute Gasteiger partial charge is 0.248 e. The van der Waals surface area contributed by atoms with Gasteiger partial charge in [0.25, 0.3) is 0 Å². The largest absolute Gasteiger partial charge is 0.379 e. The fourth-order valence-corrected chi connectivity index (χ4v) is 5.20. The first kappa shape index (κ1) is 20.6. The second-order valence-corrected chi connectivity index (χ2v) is 9.02. The molecule has 0 aliphatic carbocycles. The number of aryl methyl sites for hydroxylation is 2. The van der Waals surface area contributed by atoms with Gasteiger partial charge in [0.05, 0.1) is 24.6 Å². The lowest BCUT2D eigenvalue weighted by molar-refractivity contribution is 0.0730. The van der Waals surface area contributed by atoms with Gasteiger partial charge in [-0.3, -0.25) is 4.68 Å². The molecule has 4 rings (SSSR count). The Morgan fingerprint density at radius 2 is 1.90 bits per heavy atom. The van der Waals surface area contributed by atoms with Gasteiger partial charge in [0.15, 0.2) is 0 Å². The van der Waals surface area contributed by atoms with E-state index in [0.717, 1.165) is 0 Å². The molecule has 1 aliphatic rings. The molecule has 3 aromatic rings. The Labute approximate surface area is 173 Å². The molecule has 9 nitrogen and oxygen atoms in total. The zero-order valence-corrected chi connectivity index (χ0v) is 17.7. The molecule has 160 valence electrons. The topological polar surface area (TPSA) is 103 Å². The van der Waals surface area contributed by atoms with Crippen LogP contribution in [0.3, 0.4) is 0 Å². The molecule has 0 N–H and O–H groups in total. The van der Waals surface area contributed by atoms with Gasteiger partial charge >= 0.3 is 0 Å². The molecular formula is C19H22FN5O4S. The highest BCUT2D eigenvalue weighted by Gasteiger charge is 2.32. The normalized spacial score (nSPS) is 15.6. The molecule has 0 atom stereocenters. The lowest BCUT2D eigenvalue weighted by atomic mass is 10.1. The average Bonchev–Trinajstić information content (AvgIpc) is 3.29. The van der Waals surface area contributed by atoms with Crippen LogP contribution in [0.25, 0.3) is 11.4 Å². The van der Waals surface area contributed by atoms with Crippen molar-refractivity contribution in [1.29, 1.82) is 0 Å². The molecule has 0 unspecified atom stereocenters. The zero-order chi connectivity index (χ0) is 21.5. The fourth-order valence-electron chi connectivity index (χ4n) is 3.42. The maximum atomic E-state index is 13.8. The van der Waals surface area contributed by atoms with Crippen LogP contribution in [-0.2, 0) is 21.3 Å². The Morgan fingerprint density at radius 3 is 2.60 bits per heavy atom. The highest BCUT2D eigenvalue weighted by atomic mass is 32.2. The van der Waals surface area contributed by atoms with Crippen molar-refractivity contribution in [2.24, 2.45) is 0 Å². The SMILES string of the molecule is Cc1ccc(-c2noc(Cn3nc(C)c(S(=O)(=O)N4CCOCC4)c3C)n2)cc1F. The van der Waals surface area contributed by atoms with Crippen LogP contribution in [0.1, 0.15) is 22.8 Å². The number of halogens is 1. The van der Waals surface area contributed by atoms with Gasteiger partial charge < -0.3 is 9.26 Å². The highest BCUT2D eigenvalue weighted by molar-refractivity contribution is 7.89. The predicted molar refractivity (Wildman–Crippen MR) is 105 cm³/mol. The summed E-state index contributed by atoms with van der Waals surface area (Å²) >= 11 is 0. The van der Waals surface area contributed by atoms with Crippen molar-refractivity contribution < 1.29 is 22.1 Å². The molecular weight excluding hydrogens is 413 g/mol. The first-order valence-corrected chi connectivity index (χ1v) is 10.9. The van der Waals surface area contributed by atoms with Gasteiger partial charge in [-0.2, -0.15) is 14.4 Å². The third kappa shape index (κ3) is 3.75. The Balaban J connectivity index is 1.60. The quantitative estimate of drug-likeness (QED) is 0.604. The van der Waals surface area contributed by atoms with Gasteiger partial charge in [-0.15, -0.1) is 0 Å². The van der Waals surface area contributed by atoms with Crippen molar-refractivity contribution in [3.8, 4) is 11.4 Å². The van der Waals surface area contributed by atoms with Crippen LogP contribution in [-0.4, -0.2) is 58.9 Å². The second kappa shape index (κ2) is 7.89. The zero-order valence-electron chi connectivity index (χ0n) is 16.9. The fraction of sp³-hybridized carbons (Fsp3) is 0.421. The number of ether oxygens (including phenoxy) is 1. The van der Waals surface area contributed by atoms with Gasteiger partial charge in [0, 0.05) is 18.7 Å². The molecule has 1 aromatic carbocycles. The molecule has 11 heteroatoms. The average molecular weight is 435 g/mol. The summed E-state index contributed by atoms with van der Waals surface area (Å²) in [6, 6.07) is 4.70. The monoisotopic (exact) mass is 435 g/mol. The van der Waals surface area contributed by atoms with Crippen LogP contribution in [0.2, 0.25) is 0 Å². The van der Waals surface area contributed by atoms with E-state index in [1.807, 2.05) is 0 Å². The van der Waals surface area contributed by atoms with Crippen molar-refractivity contribution in [3.05, 3.63) is 46.9 Å². The van der Waals surface area contributed by atoms with E-state index in [2.05, 4.69) is 15.2 Å². The summed E-state index contributed by atoms with van der Waals surface area (Å²) < 4.78 is 53.4. The van der Waals surface area contributed by atoms with E-state index in [1.165, 1.54) is 15.1 Å². The molecule has 0 amide bonds. The van der Waals surface area contributed by atoms with Gasteiger partial charge in [-0.05, 0) is 32.4 Å². The molecule has 3 heterocycles. The maximum Gasteiger partial charge on any atom is 0.248 e. The number of aromatic nitrogens is 4. The van der Waals surface area contributed by atoms with Crippen molar-refractivity contribution in [2.75, 3.05) is 26.3 Å². The third-order valence-corrected chi connectivity index (χ3v) is 7.22. The Bertz CT molecular complexity index is 1180. The van der Waals surface area contributed by atoms with Crippen molar-refractivity contribution in [1.82, 2.24) is 24.2 Å². The summed E-state index contributed by atoms with van der Waals surface area (Å²) in [7, 11) is -3.68. The van der Waals surface area contributed by atoms with E-state index < -0.39 is 10.0 Å². The van der Waals surface area contributed by atoms with Gasteiger partial charge in [-0.1, -0.05) is 17.3 Å². The molecule has 0 bridgehead atoms. The van der Waals surface area contributed by atoms with Gasteiger partial charge in [0.1, 0.15) is 17.3 Å². The number of benzene rings is 1. The molecule has 1 aliphatic heterocycles. The lowest BCUT2D eigenvalue weighted by Crippen LogP contribution is -2.41. The van der Waals surface area contributed by atoms with Crippen molar-refractivity contribution >= 4 is 10.0 Å². The first-order valence-electron chi connectivity index (χ1n) is 9.48. The molecule has 0 radical (unpaired) electrons. The van der Waals surface area contributed by atoms with E-state index in [-0.39, 0.29) is 29.0 Å². The number of hydrogen-bond acceptors (Lipinski definition) is 7. The predicted octanol–water partition coefficient (Wildman–Crippen LogP) is 2.07. The minimum absolute atomic E-state index is 0.104. The number of hydrogen-bond donors (Lipinski definition) is 0. The van der Waals surface area contributed by atoms with E-state index in [0.29, 0.717) is 48.8 Å². The Hall–Kier alpha value is -2.63. The van der Waals surface area contributed by atoms with Crippen LogP contribution in [0.15, 0.2) is 27.6 Å². The van der Waals surface area contributed by atoms with Crippen LogP contribution in [0.4, 0.5) is 4.39 Å². The molecule has 2 aromatic heterocycles. The number of sulfonamides is 1. The van der Waals surface area contributed by atoms with Gasteiger partial charge in [0.2, 0.25) is 21.7 Å². The Morgan fingerprint density at radius 1 is 1.17 bits per heavy atom. The summed E-state index contributed by atoms with van der Waals surface area (Å²) in [6.45, 7) is 6.49. The van der Waals surface area contributed by atoms with Gasteiger partial charge in [-0.25, -0.2) is 12.8 Å². The summed E-state index contributed by atoms with van der Waals surface area (Å²) in [5, 5.41) is 8.27. The first-order chi connectivity index (χ1) is 14.3. The second-order valence-electron chi connectivity index (χ2n) is 7.15. The number of rotatable bonds is 5. The minimum Gasteiger partial charge on any atom is -0.379 e. The molecule has 1 fully saturated rings. The van der Waals surface area contributed by atoms with Crippen LogP contribution in [0, 0.1) is 26.6 Å².